The van der Waals surface area contributed by atoms with Gasteiger partial charge in [-0.15, -0.1) is 0 Å². The summed E-state index contributed by atoms with van der Waals surface area (Å²) >= 11 is 6.83. The van der Waals surface area contributed by atoms with E-state index in [4.69, 9.17) is 4.42 Å². The molecular weight excluding hydrogens is 450 g/mol. The maximum absolute atomic E-state index is 12.7. The van der Waals surface area contributed by atoms with E-state index in [1.807, 2.05) is 41.3 Å². The van der Waals surface area contributed by atoms with Crippen molar-refractivity contribution in [3.63, 3.8) is 0 Å². The smallest absolute Gasteiger partial charge is 0.289 e. The minimum absolute atomic E-state index is 0.0595. The zero-order valence-corrected chi connectivity index (χ0v) is 16.5. The summed E-state index contributed by atoms with van der Waals surface area (Å²) in [5.41, 5.74) is 0.726. The number of benzene rings is 1. The summed E-state index contributed by atoms with van der Waals surface area (Å²) in [5, 5.41) is 0.926. The number of carbonyl (C=O) groups is 1. The zero-order valence-electron chi connectivity index (χ0n) is 13.3. The molecule has 25 heavy (non-hydrogen) atoms. The lowest BCUT2D eigenvalue weighted by Gasteiger charge is -2.35. The van der Waals surface area contributed by atoms with Crippen molar-refractivity contribution in [3.8, 4) is 0 Å². The molecule has 0 N–H and O–H groups in total. The summed E-state index contributed by atoms with van der Waals surface area (Å²) in [5.74, 6) is 1.27. The molecule has 2 aromatic heterocycles. The highest BCUT2D eigenvalue weighted by molar-refractivity contribution is 9.10. The van der Waals surface area contributed by atoms with Crippen molar-refractivity contribution in [2.24, 2.45) is 0 Å². The lowest BCUT2D eigenvalue weighted by molar-refractivity contribution is 0.0717. The Hall–Kier alpha value is -1.86. The number of pyridine rings is 1. The van der Waals surface area contributed by atoms with Crippen molar-refractivity contribution in [2.45, 2.75) is 0 Å². The predicted octanol–water partition coefficient (Wildman–Crippen LogP) is 4.32. The van der Waals surface area contributed by atoms with Gasteiger partial charge in [-0.3, -0.25) is 4.79 Å². The highest BCUT2D eigenvalue weighted by Crippen LogP contribution is 2.25. The van der Waals surface area contributed by atoms with Gasteiger partial charge in [0.2, 0.25) is 0 Å². The molecule has 0 atom stereocenters. The Balaban J connectivity index is 1.46. The van der Waals surface area contributed by atoms with Crippen LogP contribution in [0.25, 0.3) is 11.0 Å². The summed E-state index contributed by atoms with van der Waals surface area (Å²) in [7, 11) is 0. The molecule has 1 aliphatic rings. The molecule has 0 saturated carbocycles. The van der Waals surface area contributed by atoms with E-state index in [1.165, 1.54) is 0 Å². The van der Waals surface area contributed by atoms with Crippen LogP contribution >= 0.6 is 31.9 Å². The number of rotatable bonds is 2. The Morgan fingerprint density at radius 1 is 1.00 bits per heavy atom. The lowest BCUT2D eigenvalue weighted by atomic mass is 10.2. The Morgan fingerprint density at radius 3 is 2.48 bits per heavy atom. The van der Waals surface area contributed by atoms with Gasteiger partial charge in [-0.05, 0) is 52.3 Å². The quantitative estimate of drug-likeness (QED) is 0.566. The first-order valence-corrected chi connectivity index (χ1v) is 9.54. The fourth-order valence-electron chi connectivity index (χ4n) is 2.97. The van der Waals surface area contributed by atoms with E-state index in [2.05, 4.69) is 41.7 Å². The monoisotopic (exact) mass is 463 g/mol. The molecule has 3 heterocycles. The predicted molar refractivity (Wildman–Crippen MR) is 104 cm³/mol. The van der Waals surface area contributed by atoms with Gasteiger partial charge < -0.3 is 14.2 Å². The van der Waals surface area contributed by atoms with E-state index in [0.29, 0.717) is 18.8 Å². The largest absolute Gasteiger partial charge is 0.451 e. The molecule has 0 spiro atoms. The number of aromatic nitrogens is 1. The topological polar surface area (TPSA) is 49.6 Å². The van der Waals surface area contributed by atoms with Crippen LogP contribution in [0, 0.1) is 0 Å². The highest BCUT2D eigenvalue weighted by Gasteiger charge is 2.25. The number of hydrogen-bond acceptors (Lipinski definition) is 4. The average molecular weight is 465 g/mol. The number of fused-ring (bicyclic) bond motifs is 1. The van der Waals surface area contributed by atoms with Gasteiger partial charge in [0.15, 0.2) is 5.76 Å². The first-order valence-electron chi connectivity index (χ1n) is 7.95. The number of hydrogen-bond donors (Lipinski definition) is 0. The van der Waals surface area contributed by atoms with Gasteiger partial charge in [-0.2, -0.15) is 0 Å². The second kappa shape index (κ2) is 6.80. The van der Waals surface area contributed by atoms with Crippen molar-refractivity contribution in [3.05, 3.63) is 57.3 Å². The summed E-state index contributed by atoms with van der Waals surface area (Å²) in [4.78, 5) is 21.2. The molecule has 128 valence electrons. The van der Waals surface area contributed by atoms with Gasteiger partial charge in [0.05, 0.1) is 0 Å². The first-order chi connectivity index (χ1) is 12.1. The molecule has 1 amide bonds. The summed E-state index contributed by atoms with van der Waals surface area (Å²) in [6.45, 7) is 2.81. The van der Waals surface area contributed by atoms with Gasteiger partial charge in [-0.1, -0.05) is 15.9 Å². The Morgan fingerprint density at radius 2 is 1.76 bits per heavy atom. The van der Waals surface area contributed by atoms with E-state index in [1.54, 1.807) is 6.20 Å². The molecule has 0 aliphatic carbocycles. The molecule has 0 bridgehead atoms. The minimum atomic E-state index is -0.0595. The Kier molecular flexibility index (Phi) is 4.52. The van der Waals surface area contributed by atoms with Crippen molar-refractivity contribution in [1.29, 1.82) is 0 Å². The van der Waals surface area contributed by atoms with Gasteiger partial charge >= 0.3 is 0 Å². The van der Waals surface area contributed by atoms with Crippen LogP contribution in [0.15, 0.2) is 56.0 Å². The first kappa shape index (κ1) is 16.6. The number of carbonyl (C=O) groups excluding carboxylic acids is 1. The van der Waals surface area contributed by atoms with Crippen LogP contribution in [0.2, 0.25) is 0 Å². The van der Waals surface area contributed by atoms with E-state index in [9.17, 15) is 4.79 Å². The van der Waals surface area contributed by atoms with Gasteiger partial charge in [0, 0.05) is 46.7 Å². The summed E-state index contributed by atoms with van der Waals surface area (Å²) < 4.78 is 7.65. The van der Waals surface area contributed by atoms with Crippen molar-refractivity contribution < 1.29 is 9.21 Å². The standard InChI is InChI=1S/C18H15Br2N3O2/c19-13-1-3-15-12(9-13)10-16(25-15)18(24)23-7-5-22(6-8-23)17-4-2-14(20)11-21-17/h1-4,9-11H,5-8H2. The van der Waals surface area contributed by atoms with E-state index < -0.39 is 0 Å². The normalized spacial score (nSPS) is 15.0. The maximum Gasteiger partial charge on any atom is 0.289 e. The number of amides is 1. The highest BCUT2D eigenvalue weighted by atomic mass is 79.9. The van der Waals surface area contributed by atoms with Gasteiger partial charge in [0.25, 0.3) is 5.91 Å². The average Bonchev–Trinajstić information content (AvgIpc) is 3.05. The second-order valence-electron chi connectivity index (χ2n) is 5.91. The number of nitrogens with zero attached hydrogens (tertiary/aromatic N) is 3. The van der Waals surface area contributed by atoms with Gasteiger partial charge in [-0.25, -0.2) is 4.98 Å². The van der Waals surface area contributed by atoms with Crippen LogP contribution in [0.3, 0.4) is 0 Å². The van der Waals surface area contributed by atoms with Crippen LogP contribution < -0.4 is 4.90 Å². The number of anilines is 1. The molecule has 1 fully saturated rings. The Labute approximate surface area is 161 Å². The molecule has 0 radical (unpaired) electrons. The summed E-state index contributed by atoms with van der Waals surface area (Å²) in [6.07, 6.45) is 1.79. The second-order valence-corrected chi connectivity index (χ2v) is 7.74. The zero-order chi connectivity index (χ0) is 17.4. The van der Waals surface area contributed by atoms with Crippen LogP contribution in [0.4, 0.5) is 5.82 Å². The Bertz CT molecular complexity index is 916. The summed E-state index contributed by atoms with van der Waals surface area (Å²) in [6, 6.07) is 11.5. The fraction of sp³-hybridized carbons (Fsp3) is 0.222. The molecule has 3 aromatic rings. The lowest BCUT2D eigenvalue weighted by Crippen LogP contribution is -2.49. The van der Waals surface area contributed by atoms with Crippen molar-refractivity contribution in [2.75, 3.05) is 31.1 Å². The SMILES string of the molecule is O=C(c1cc2cc(Br)ccc2o1)N1CCN(c2ccc(Br)cn2)CC1. The molecule has 0 unspecified atom stereocenters. The van der Waals surface area contributed by atoms with Crippen molar-refractivity contribution in [1.82, 2.24) is 9.88 Å². The van der Waals surface area contributed by atoms with Crippen LogP contribution in [0.5, 0.6) is 0 Å². The number of halogens is 2. The molecule has 1 saturated heterocycles. The van der Waals surface area contributed by atoms with Crippen LogP contribution in [0.1, 0.15) is 10.6 Å². The third-order valence-electron chi connectivity index (χ3n) is 4.29. The molecule has 7 heteroatoms. The van der Waals surface area contributed by atoms with E-state index >= 15 is 0 Å². The molecule has 1 aliphatic heterocycles. The minimum Gasteiger partial charge on any atom is -0.451 e. The maximum atomic E-state index is 12.7. The number of furan rings is 1. The van der Waals surface area contributed by atoms with E-state index in [-0.39, 0.29) is 5.91 Å². The van der Waals surface area contributed by atoms with Gasteiger partial charge in [0.1, 0.15) is 11.4 Å². The van der Waals surface area contributed by atoms with Crippen LogP contribution in [-0.2, 0) is 0 Å². The van der Waals surface area contributed by atoms with Crippen molar-refractivity contribution >= 4 is 54.6 Å². The molecule has 1 aromatic carbocycles. The number of piperazine rings is 1. The van der Waals surface area contributed by atoms with E-state index in [0.717, 1.165) is 38.8 Å². The third kappa shape index (κ3) is 3.43. The molecular formula is C18H15Br2N3O2. The van der Waals surface area contributed by atoms with Crippen LogP contribution in [-0.4, -0.2) is 42.0 Å². The molecule has 4 rings (SSSR count). The third-order valence-corrected chi connectivity index (χ3v) is 5.25. The fourth-order valence-corrected chi connectivity index (χ4v) is 3.58. The molecule has 5 nitrogen and oxygen atoms in total.